The largest absolute Gasteiger partial charge is 0.477 e. The highest BCUT2D eigenvalue weighted by Crippen LogP contribution is 2.49. The van der Waals surface area contributed by atoms with Crippen LogP contribution in [0.2, 0.25) is 0 Å². The molecule has 1 spiro atoms. The van der Waals surface area contributed by atoms with E-state index < -0.39 is 11.4 Å². The maximum atomic E-state index is 12.6. The number of carbonyl (C=O) groups is 3. The zero-order valence-corrected chi connectivity index (χ0v) is 12.0. The van der Waals surface area contributed by atoms with Gasteiger partial charge in [0.2, 0.25) is 11.8 Å². The molecule has 1 aromatic rings. The Hall–Kier alpha value is -1.69. The van der Waals surface area contributed by atoms with Crippen molar-refractivity contribution in [3.8, 4) is 0 Å². The number of hydrogen-bond donors (Lipinski definition) is 1. The lowest BCUT2D eigenvalue weighted by atomic mass is 9.85. The number of aromatic carboxylic acids is 1. The third-order valence-corrected chi connectivity index (χ3v) is 5.49. The summed E-state index contributed by atoms with van der Waals surface area (Å²) in [6, 6.07) is 1.62. The molecule has 1 aliphatic heterocycles. The van der Waals surface area contributed by atoms with E-state index in [4.69, 9.17) is 5.11 Å². The summed E-state index contributed by atoms with van der Waals surface area (Å²) < 4.78 is 0. The van der Waals surface area contributed by atoms with E-state index in [-0.39, 0.29) is 23.1 Å². The average Bonchev–Trinajstić information content (AvgIpc) is 3.02. The number of hydrogen-bond acceptors (Lipinski definition) is 4. The maximum Gasteiger partial charge on any atom is 0.346 e. The molecular weight excluding hydrogens is 278 g/mol. The predicted octanol–water partition coefficient (Wildman–Crippen LogP) is 2.58. The third kappa shape index (κ3) is 1.78. The molecule has 2 heterocycles. The van der Waals surface area contributed by atoms with Crippen LogP contribution in [0, 0.1) is 12.3 Å². The third-order valence-electron chi connectivity index (χ3n) is 4.28. The number of carbonyl (C=O) groups excluding carboxylic acids is 2. The van der Waals surface area contributed by atoms with Crippen LogP contribution in [-0.2, 0) is 9.59 Å². The van der Waals surface area contributed by atoms with Crippen molar-refractivity contribution < 1.29 is 19.5 Å². The first-order valence-corrected chi connectivity index (χ1v) is 7.47. The van der Waals surface area contributed by atoms with E-state index in [1.54, 1.807) is 13.0 Å². The minimum atomic E-state index is -1.02. The van der Waals surface area contributed by atoms with Crippen molar-refractivity contribution in [3.05, 3.63) is 16.5 Å². The van der Waals surface area contributed by atoms with Crippen LogP contribution in [0.25, 0.3) is 0 Å². The summed E-state index contributed by atoms with van der Waals surface area (Å²) >= 11 is 0.999. The number of nitrogens with zero attached hydrogens (tertiary/aromatic N) is 1. The van der Waals surface area contributed by atoms with Crippen molar-refractivity contribution in [2.75, 3.05) is 4.90 Å². The standard InChI is InChI=1S/C14H15NO4S/c1-8-6-10(20-11(8)12(17)18)15-9(16)7-14(13(15)19)4-2-3-5-14/h6H,2-5,7H2,1H3,(H,17,18). The van der Waals surface area contributed by atoms with Gasteiger partial charge >= 0.3 is 5.97 Å². The fraction of sp³-hybridized carbons (Fsp3) is 0.500. The van der Waals surface area contributed by atoms with Gasteiger partial charge in [0, 0.05) is 6.42 Å². The highest BCUT2D eigenvalue weighted by Gasteiger charge is 2.53. The average molecular weight is 293 g/mol. The Morgan fingerprint density at radius 2 is 2.00 bits per heavy atom. The van der Waals surface area contributed by atoms with Crippen molar-refractivity contribution in [3.63, 3.8) is 0 Å². The van der Waals surface area contributed by atoms with E-state index >= 15 is 0 Å². The van der Waals surface area contributed by atoms with Crippen molar-refractivity contribution >= 4 is 34.1 Å². The lowest BCUT2D eigenvalue weighted by Crippen LogP contribution is -2.33. The van der Waals surface area contributed by atoms with Crippen molar-refractivity contribution in [2.45, 2.75) is 39.0 Å². The molecule has 2 fully saturated rings. The topological polar surface area (TPSA) is 74.7 Å². The van der Waals surface area contributed by atoms with Gasteiger partial charge in [0.15, 0.2) is 0 Å². The van der Waals surface area contributed by atoms with Gasteiger partial charge in [-0.2, -0.15) is 0 Å². The van der Waals surface area contributed by atoms with Gasteiger partial charge in [-0.15, -0.1) is 11.3 Å². The second kappa shape index (κ2) is 4.41. The van der Waals surface area contributed by atoms with Crippen LogP contribution in [0.3, 0.4) is 0 Å². The molecule has 6 heteroatoms. The molecule has 1 saturated heterocycles. The minimum Gasteiger partial charge on any atom is -0.477 e. The van der Waals surface area contributed by atoms with Gasteiger partial charge in [-0.3, -0.25) is 9.59 Å². The Morgan fingerprint density at radius 3 is 2.55 bits per heavy atom. The number of aryl methyl sites for hydroxylation is 1. The van der Waals surface area contributed by atoms with Crippen LogP contribution in [-0.4, -0.2) is 22.9 Å². The van der Waals surface area contributed by atoms with Gasteiger partial charge in [0.25, 0.3) is 0 Å². The number of anilines is 1. The first kappa shape index (κ1) is 13.3. The van der Waals surface area contributed by atoms with Gasteiger partial charge in [0.1, 0.15) is 9.88 Å². The molecule has 0 bridgehead atoms. The second-order valence-corrected chi connectivity index (χ2v) is 6.63. The van der Waals surface area contributed by atoms with E-state index in [9.17, 15) is 14.4 Å². The molecular formula is C14H15NO4S. The number of carboxylic acids is 1. The minimum absolute atomic E-state index is 0.141. The second-order valence-electron chi connectivity index (χ2n) is 5.60. The van der Waals surface area contributed by atoms with Crippen LogP contribution >= 0.6 is 11.3 Å². The van der Waals surface area contributed by atoms with Crippen molar-refractivity contribution in [2.24, 2.45) is 5.41 Å². The Labute approximate surface area is 120 Å². The van der Waals surface area contributed by atoms with Crippen LogP contribution in [0.15, 0.2) is 6.07 Å². The summed E-state index contributed by atoms with van der Waals surface area (Å²) in [6.45, 7) is 1.68. The zero-order chi connectivity index (χ0) is 14.5. The number of imide groups is 1. The van der Waals surface area contributed by atoms with Crippen LogP contribution in [0.5, 0.6) is 0 Å². The SMILES string of the molecule is Cc1cc(N2C(=O)CC3(CCCC3)C2=O)sc1C(=O)O. The van der Waals surface area contributed by atoms with Gasteiger partial charge in [0.05, 0.1) is 5.41 Å². The zero-order valence-electron chi connectivity index (χ0n) is 11.1. The predicted molar refractivity (Wildman–Crippen MR) is 74.0 cm³/mol. The molecule has 3 rings (SSSR count). The number of carboxylic acid groups (broad SMARTS) is 1. The van der Waals surface area contributed by atoms with E-state index in [2.05, 4.69) is 0 Å². The Kier molecular flexibility index (Phi) is 2.93. The molecule has 0 aromatic carbocycles. The monoisotopic (exact) mass is 293 g/mol. The number of amides is 2. The first-order valence-electron chi connectivity index (χ1n) is 6.66. The highest BCUT2D eigenvalue weighted by atomic mass is 32.1. The fourth-order valence-corrected chi connectivity index (χ4v) is 4.28. The van der Waals surface area contributed by atoms with E-state index in [0.717, 1.165) is 37.0 Å². The quantitative estimate of drug-likeness (QED) is 0.850. The summed E-state index contributed by atoms with van der Waals surface area (Å²) in [6.07, 6.45) is 3.77. The molecule has 106 valence electrons. The summed E-state index contributed by atoms with van der Waals surface area (Å²) in [5, 5.41) is 9.52. The Morgan fingerprint density at radius 1 is 1.35 bits per heavy atom. The molecule has 1 aliphatic carbocycles. The molecule has 1 N–H and O–H groups in total. The molecule has 0 radical (unpaired) electrons. The van der Waals surface area contributed by atoms with Crippen LogP contribution in [0.1, 0.15) is 47.3 Å². The number of thiophene rings is 1. The van der Waals surface area contributed by atoms with Gasteiger partial charge in [-0.1, -0.05) is 12.8 Å². The summed E-state index contributed by atoms with van der Waals surface area (Å²) in [5.74, 6) is -1.36. The van der Waals surface area contributed by atoms with Gasteiger partial charge < -0.3 is 5.11 Å². The molecule has 1 aromatic heterocycles. The van der Waals surface area contributed by atoms with Crippen molar-refractivity contribution in [1.29, 1.82) is 0 Å². The maximum absolute atomic E-state index is 12.6. The molecule has 5 nitrogen and oxygen atoms in total. The van der Waals surface area contributed by atoms with E-state index in [1.807, 2.05) is 0 Å². The smallest absolute Gasteiger partial charge is 0.346 e. The van der Waals surface area contributed by atoms with Gasteiger partial charge in [-0.05, 0) is 31.4 Å². The molecule has 2 aliphatic rings. The normalized spacial score (nSPS) is 21.1. The van der Waals surface area contributed by atoms with Gasteiger partial charge in [-0.25, -0.2) is 9.69 Å². The molecule has 20 heavy (non-hydrogen) atoms. The molecule has 0 atom stereocenters. The summed E-state index contributed by atoms with van der Waals surface area (Å²) in [7, 11) is 0. The Balaban J connectivity index is 1.98. The lowest BCUT2D eigenvalue weighted by Gasteiger charge is -2.19. The number of rotatable bonds is 2. The highest BCUT2D eigenvalue weighted by molar-refractivity contribution is 7.18. The fourth-order valence-electron chi connectivity index (χ4n) is 3.25. The van der Waals surface area contributed by atoms with E-state index in [1.165, 1.54) is 4.90 Å². The molecule has 0 unspecified atom stereocenters. The molecule has 2 amide bonds. The molecule has 1 saturated carbocycles. The summed E-state index contributed by atoms with van der Waals surface area (Å²) in [4.78, 5) is 37.3. The summed E-state index contributed by atoms with van der Waals surface area (Å²) in [5.41, 5.74) is 0.0729. The Bertz CT molecular complexity index is 613. The van der Waals surface area contributed by atoms with Crippen molar-refractivity contribution in [1.82, 2.24) is 0 Å². The first-order chi connectivity index (χ1) is 9.44. The van der Waals surface area contributed by atoms with Crippen LogP contribution in [0.4, 0.5) is 5.00 Å². The lowest BCUT2D eigenvalue weighted by molar-refractivity contribution is -0.125. The van der Waals surface area contributed by atoms with Crippen LogP contribution < -0.4 is 4.90 Å². The van der Waals surface area contributed by atoms with E-state index in [0.29, 0.717) is 10.6 Å².